The van der Waals surface area contributed by atoms with Crippen molar-refractivity contribution in [2.24, 2.45) is 0 Å². The molecule has 0 spiro atoms. The third-order valence-electron chi connectivity index (χ3n) is 7.08. The second kappa shape index (κ2) is 15.1. The van der Waals surface area contributed by atoms with Crippen LogP contribution in [-0.4, -0.2) is 58.7 Å². The topological polar surface area (TPSA) is 77.5 Å². The number of β-amino-alcohol motifs (C(OH)–C–C–N with tert-alkyl or cyclic N) is 1. The summed E-state index contributed by atoms with van der Waals surface area (Å²) in [6, 6.07) is 28.9. The Balaban J connectivity index is 1.73. The van der Waals surface area contributed by atoms with Crippen molar-refractivity contribution in [3.8, 4) is 0 Å². The molecule has 0 saturated carbocycles. The quantitative estimate of drug-likeness (QED) is 0.271. The second-order valence-corrected chi connectivity index (χ2v) is 11.6. The molecule has 1 N–H and O–H groups in total. The highest BCUT2D eigenvalue weighted by molar-refractivity contribution is 5.69. The Morgan fingerprint density at radius 2 is 1.21 bits per heavy atom. The Bertz CT molecular complexity index is 1230. The first-order valence-corrected chi connectivity index (χ1v) is 14.5. The number of benzene rings is 3. The van der Waals surface area contributed by atoms with Crippen LogP contribution < -0.4 is 0 Å². The lowest BCUT2D eigenvalue weighted by Gasteiger charge is -2.38. The zero-order valence-corrected chi connectivity index (χ0v) is 24.8. The monoisotopic (exact) mass is 573 g/mol. The van der Waals surface area contributed by atoms with Crippen LogP contribution in [0.5, 0.6) is 0 Å². The molecule has 1 aliphatic rings. The molecule has 3 aromatic rings. The molecule has 0 bridgehead atoms. The van der Waals surface area contributed by atoms with Crippen molar-refractivity contribution in [3.63, 3.8) is 0 Å². The van der Waals surface area contributed by atoms with Crippen LogP contribution in [0.3, 0.4) is 0 Å². The molecule has 4 rings (SSSR count). The molecule has 1 fully saturated rings. The van der Waals surface area contributed by atoms with E-state index in [2.05, 4.69) is 6.58 Å². The summed E-state index contributed by atoms with van der Waals surface area (Å²) in [5.41, 5.74) is 2.19. The molecule has 7 nitrogen and oxygen atoms in total. The Morgan fingerprint density at radius 1 is 0.786 bits per heavy atom. The van der Waals surface area contributed by atoms with Crippen molar-refractivity contribution in [2.75, 3.05) is 6.54 Å². The number of nitrogens with zero attached hydrogens (tertiary/aromatic N) is 1. The smallest absolute Gasteiger partial charge is 0.410 e. The fourth-order valence-corrected chi connectivity index (χ4v) is 5.11. The summed E-state index contributed by atoms with van der Waals surface area (Å²) < 4.78 is 25.5. The van der Waals surface area contributed by atoms with Gasteiger partial charge in [-0.2, -0.15) is 0 Å². The lowest BCUT2D eigenvalue weighted by atomic mass is 9.97. The van der Waals surface area contributed by atoms with E-state index in [1.165, 1.54) is 0 Å². The van der Waals surface area contributed by atoms with Crippen molar-refractivity contribution in [3.05, 3.63) is 120 Å². The van der Waals surface area contributed by atoms with Crippen LogP contribution in [-0.2, 0) is 38.8 Å². The largest absolute Gasteiger partial charge is 0.444 e. The van der Waals surface area contributed by atoms with Gasteiger partial charge in [0.05, 0.1) is 32.4 Å². The summed E-state index contributed by atoms with van der Waals surface area (Å²) in [6.45, 7) is 10.3. The van der Waals surface area contributed by atoms with Crippen LogP contribution >= 0.6 is 0 Å². The summed E-state index contributed by atoms with van der Waals surface area (Å²) in [6.07, 6.45) is -1.63. The van der Waals surface area contributed by atoms with Crippen LogP contribution in [0.1, 0.15) is 43.9 Å². The predicted octanol–water partition coefficient (Wildman–Crippen LogP) is 6.30. The molecule has 0 aliphatic carbocycles. The Hall–Kier alpha value is -3.49. The fourth-order valence-electron chi connectivity index (χ4n) is 5.11. The summed E-state index contributed by atoms with van der Waals surface area (Å²) >= 11 is 0. The number of hydrogen-bond donors (Lipinski definition) is 1. The summed E-state index contributed by atoms with van der Waals surface area (Å²) in [7, 11) is 0. The maximum atomic E-state index is 13.6. The summed E-state index contributed by atoms with van der Waals surface area (Å²) in [4.78, 5) is 15.2. The molecule has 1 aliphatic heterocycles. The minimum atomic E-state index is -1.07. The number of aliphatic hydroxyl groups is 1. The number of amides is 1. The van der Waals surface area contributed by atoms with Crippen molar-refractivity contribution < 1.29 is 28.8 Å². The molecule has 1 amide bonds. The molecule has 42 heavy (non-hydrogen) atoms. The van der Waals surface area contributed by atoms with Gasteiger partial charge < -0.3 is 24.1 Å². The minimum absolute atomic E-state index is 0.0106. The number of hydrogen-bond acceptors (Lipinski definition) is 6. The van der Waals surface area contributed by atoms with Gasteiger partial charge in [-0.15, -0.1) is 6.58 Å². The van der Waals surface area contributed by atoms with E-state index in [9.17, 15) is 9.90 Å². The first-order chi connectivity index (χ1) is 20.2. The Morgan fingerprint density at radius 3 is 1.64 bits per heavy atom. The summed E-state index contributed by atoms with van der Waals surface area (Å²) in [5, 5.41) is 11.7. The van der Waals surface area contributed by atoms with Crippen molar-refractivity contribution in [1.29, 1.82) is 0 Å². The highest BCUT2D eigenvalue weighted by Crippen LogP contribution is 2.31. The Kier molecular flexibility index (Phi) is 11.3. The number of ether oxygens (including phenoxy) is 4. The lowest BCUT2D eigenvalue weighted by molar-refractivity contribution is -0.175. The molecule has 224 valence electrons. The van der Waals surface area contributed by atoms with E-state index < -0.39 is 42.2 Å². The van der Waals surface area contributed by atoms with Gasteiger partial charge in [0.1, 0.15) is 30.0 Å². The van der Waals surface area contributed by atoms with E-state index in [1.54, 1.807) is 11.0 Å². The van der Waals surface area contributed by atoms with Gasteiger partial charge in [0.15, 0.2) is 0 Å². The van der Waals surface area contributed by atoms with Crippen LogP contribution in [0.15, 0.2) is 104 Å². The molecular weight excluding hydrogens is 530 g/mol. The average molecular weight is 574 g/mol. The molecule has 0 aromatic heterocycles. The van der Waals surface area contributed by atoms with Gasteiger partial charge in [-0.1, -0.05) is 97.1 Å². The van der Waals surface area contributed by atoms with Crippen LogP contribution in [0, 0.1) is 0 Å². The highest BCUT2D eigenvalue weighted by Gasteiger charge is 2.48. The first kappa shape index (κ1) is 31.4. The van der Waals surface area contributed by atoms with Crippen LogP contribution in [0.4, 0.5) is 4.79 Å². The van der Waals surface area contributed by atoms with Crippen LogP contribution in [0.25, 0.3) is 0 Å². The van der Waals surface area contributed by atoms with E-state index in [1.807, 2.05) is 112 Å². The standard InChI is InChI=1S/C35H43NO6/c1-5-15-29-31(39-23-26-16-9-6-10-17-26)33(41-25-28-20-13-8-14-21-28)32(40-24-27-18-11-7-12-19-27)30(37)22-36(29)34(38)42-35(2,3)4/h5-14,16-21,29-33,37H,1,15,22-25H2,2-4H3/t29-,30-,31-,32+,33+/m0/s1. The zero-order valence-electron chi connectivity index (χ0n) is 24.8. The third-order valence-corrected chi connectivity index (χ3v) is 7.08. The van der Waals surface area contributed by atoms with Gasteiger partial charge in [-0.3, -0.25) is 4.90 Å². The molecule has 0 radical (unpaired) electrons. The Labute approximate surface area is 249 Å². The minimum Gasteiger partial charge on any atom is -0.444 e. The van der Waals surface area contributed by atoms with E-state index in [-0.39, 0.29) is 26.4 Å². The number of likely N-dealkylation sites (tertiary alicyclic amines) is 1. The molecule has 5 atom stereocenters. The fraction of sp³-hybridized carbons (Fsp3) is 0.400. The number of carbonyl (C=O) groups excluding carboxylic acids is 1. The molecule has 7 heteroatoms. The van der Waals surface area contributed by atoms with E-state index in [0.29, 0.717) is 6.42 Å². The number of aliphatic hydroxyl groups excluding tert-OH is 1. The van der Waals surface area contributed by atoms with Gasteiger partial charge in [-0.25, -0.2) is 4.79 Å². The van der Waals surface area contributed by atoms with Crippen molar-refractivity contribution >= 4 is 6.09 Å². The maximum Gasteiger partial charge on any atom is 0.410 e. The van der Waals surface area contributed by atoms with Gasteiger partial charge in [0.2, 0.25) is 0 Å². The van der Waals surface area contributed by atoms with Crippen LogP contribution in [0.2, 0.25) is 0 Å². The van der Waals surface area contributed by atoms with E-state index in [4.69, 9.17) is 18.9 Å². The maximum absolute atomic E-state index is 13.6. The first-order valence-electron chi connectivity index (χ1n) is 14.5. The van der Waals surface area contributed by atoms with Gasteiger partial charge in [0, 0.05) is 0 Å². The molecular formula is C35H43NO6. The van der Waals surface area contributed by atoms with Gasteiger partial charge >= 0.3 is 6.09 Å². The highest BCUT2D eigenvalue weighted by atomic mass is 16.6. The number of carbonyl (C=O) groups is 1. The van der Waals surface area contributed by atoms with E-state index in [0.717, 1.165) is 16.7 Å². The normalized spacial score (nSPS) is 22.8. The lowest BCUT2D eigenvalue weighted by Crippen LogP contribution is -2.53. The SMILES string of the molecule is C=CC[C@H]1[C@H](OCc2ccccc2)[C@@H](OCc2ccccc2)[C@H](OCc2ccccc2)[C@@H](O)CN1C(=O)OC(C)(C)C. The average Bonchev–Trinajstić information content (AvgIpc) is 3.08. The van der Waals surface area contributed by atoms with Gasteiger partial charge in [0.25, 0.3) is 0 Å². The number of rotatable bonds is 11. The summed E-state index contributed by atoms with van der Waals surface area (Å²) in [5.74, 6) is 0. The van der Waals surface area contributed by atoms with E-state index >= 15 is 0 Å². The molecule has 0 unspecified atom stereocenters. The predicted molar refractivity (Wildman–Crippen MR) is 163 cm³/mol. The van der Waals surface area contributed by atoms with Gasteiger partial charge in [-0.05, 0) is 43.9 Å². The molecule has 1 saturated heterocycles. The zero-order chi connectivity index (χ0) is 30.0. The van der Waals surface area contributed by atoms with Crippen molar-refractivity contribution in [1.82, 2.24) is 4.90 Å². The molecule has 3 aromatic carbocycles. The second-order valence-electron chi connectivity index (χ2n) is 11.6. The molecule has 1 heterocycles. The van der Waals surface area contributed by atoms with Crippen molar-refractivity contribution in [2.45, 2.75) is 83.1 Å². The third kappa shape index (κ3) is 9.00.